The summed E-state index contributed by atoms with van der Waals surface area (Å²) in [5.41, 5.74) is 0.624. The molecule has 25 heavy (non-hydrogen) atoms. The van der Waals surface area contributed by atoms with Crippen molar-refractivity contribution in [1.29, 1.82) is 0 Å². The molecule has 2 aliphatic rings. The molecule has 2 unspecified atom stereocenters. The summed E-state index contributed by atoms with van der Waals surface area (Å²) in [7, 11) is 3.19. The third-order valence-electron chi connectivity index (χ3n) is 5.59. The molecule has 1 amide bonds. The molecule has 5 nitrogen and oxygen atoms in total. The van der Waals surface area contributed by atoms with Gasteiger partial charge in [0.1, 0.15) is 0 Å². The summed E-state index contributed by atoms with van der Waals surface area (Å²) in [5, 5.41) is 3.25. The first kappa shape index (κ1) is 18.1. The highest BCUT2D eigenvalue weighted by atomic mass is 16.5. The molecule has 138 valence electrons. The number of carbonyl (C=O) groups excluding carboxylic acids is 1. The molecule has 1 aromatic carbocycles. The molecule has 5 heteroatoms. The van der Waals surface area contributed by atoms with Crippen molar-refractivity contribution >= 4 is 5.91 Å². The van der Waals surface area contributed by atoms with Gasteiger partial charge in [0.25, 0.3) is 5.91 Å². The average molecular weight is 346 g/mol. The highest BCUT2D eigenvalue weighted by Gasteiger charge is 2.38. The number of nitrogens with zero attached hydrogens (tertiary/aromatic N) is 1. The minimum atomic E-state index is -0.0204. The summed E-state index contributed by atoms with van der Waals surface area (Å²) >= 11 is 0. The van der Waals surface area contributed by atoms with Gasteiger partial charge < -0.3 is 14.8 Å². The summed E-state index contributed by atoms with van der Waals surface area (Å²) in [6, 6.07) is 6.85. The van der Waals surface area contributed by atoms with Gasteiger partial charge in [-0.05, 0) is 56.8 Å². The molecule has 2 heterocycles. The Balaban J connectivity index is 1.66. The molecule has 2 saturated heterocycles. The highest BCUT2D eigenvalue weighted by molar-refractivity contribution is 5.95. The lowest BCUT2D eigenvalue weighted by Crippen LogP contribution is -2.57. The number of hydrogen-bond acceptors (Lipinski definition) is 4. The Morgan fingerprint density at radius 1 is 1.16 bits per heavy atom. The van der Waals surface area contributed by atoms with E-state index in [1.54, 1.807) is 32.4 Å². The monoisotopic (exact) mass is 346 g/mol. The standard InChI is InChI=1S/C20H30N2O3/c1-4-10-22-16-6-5-7-17(22)13-15(12-16)21-20(23)14-8-9-18(24-2)19(11-14)25-3/h8-9,11,15-17H,4-7,10,12-13H2,1-3H3,(H,21,23). The van der Waals surface area contributed by atoms with Gasteiger partial charge in [0.05, 0.1) is 14.2 Å². The molecule has 2 fully saturated rings. The predicted molar refractivity (Wildman–Crippen MR) is 98.5 cm³/mol. The molecular formula is C20H30N2O3. The van der Waals surface area contributed by atoms with Crippen LogP contribution in [0.15, 0.2) is 18.2 Å². The van der Waals surface area contributed by atoms with Gasteiger partial charge in [0.2, 0.25) is 0 Å². The fourth-order valence-electron chi connectivity index (χ4n) is 4.47. The van der Waals surface area contributed by atoms with Gasteiger partial charge in [-0.15, -0.1) is 0 Å². The molecule has 0 saturated carbocycles. The van der Waals surface area contributed by atoms with Crippen LogP contribution in [0.5, 0.6) is 11.5 Å². The molecule has 2 bridgehead atoms. The fourth-order valence-corrected chi connectivity index (χ4v) is 4.47. The van der Waals surface area contributed by atoms with Crippen molar-refractivity contribution in [2.24, 2.45) is 0 Å². The Morgan fingerprint density at radius 2 is 1.84 bits per heavy atom. The van der Waals surface area contributed by atoms with Gasteiger partial charge in [-0.1, -0.05) is 13.3 Å². The molecular weight excluding hydrogens is 316 g/mol. The van der Waals surface area contributed by atoms with Crippen molar-refractivity contribution in [3.05, 3.63) is 23.8 Å². The van der Waals surface area contributed by atoms with Gasteiger partial charge >= 0.3 is 0 Å². The quantitative estimate of drug-likeness (QED) is 0.859. The van der Waals surface area contributed by atoms with Crippen LogP contribution in [0, 0.1) is 0 Å². The van der Waals surface area contributed by atoms with E-state index >= 15 is 0 Å². The summed E-state index contributed by atoms with van der Waals surface area (Å²) in [6.07, 6.45) is 7.19. The van der Waals surface area contributed by atoms with Crippen LogP contribution in [0.1, 0.15) is 55.8 Å². The van der Waals surface area contributed by atoms with Crippen molar-refractivity contribution in [3.63, 3.8) is 0 Å². The van der Waals surface area contributed by atoms with Crippen LogP contribution in [-0.2, 0) is 0 Å². The molecule has 1 N–H and O–H groups in total. The van der Waals surface area contributed by atoms with Gasteiger partial charge in [0, 0.05) is 23.7 Å². The highest BCUT2D eigenvalue weighted by Crippen LogP contribution is 2.34. The second-order valence-corrected chi connectivity index (χ2v) is 7.19. The normalized spacial score (nSPS) is 26.1. The summed E-state index contributed by atoms with van der Waals surface area (Å²) in [4.78, 5) is 15.4. The lowest BCUT2D eigenvalue weighted by atomic mass is 9.81. The van der Waals surface area contributed by atoms with Crippen LogP contribution in [-0.4, -0.2) is 49.7 Å². The van der Waals surface area contributed by atoms with Gasteiger partial charge in [-0.3, -0.25) is 9.69 Å². The number of benzene rings is 1. The Bertz CT molecular complexity index is 591. The molecule has 0 spiro atoms. The zero-order chi connectivity index (χ0) is 17.8. The fraction of sp³-hybridized carbons (Fsp3) is 0.650. The summed E-state index contributed by atoms with van der Waals surface area (Å²) in [6.45, 7) is 3.44. The van der Waals surface area contributed by atoms with Crippen molar-refractivity contribution in [2.75, 3.05) is 20.8 Å². The maximum atomic E-state index is 12.7. The van der Waals surface area contributed by atoms with E-state index in [9.17, 15) is 4.79 Å². The van der Waals surface area contributed by atoms with Crippen molar-refractivity contribution in [2.45, 2.75) is 63.6 Å². The molecule has 3 rings (SSSR count). The smallest absolute Gasteiger partial charge is 0.251 e. The number of rotatable bonds is 6. The van der Waals surface area contributed by atoms with E-state index in [1.165, 1.54) is 32.2 Å². The number of nitrogens with one attached hydrogen (secondary N) is 1. The van der Waals surface area contributed by atoms with Crippen LogP contribution in [0.3, 0.4) is 0 Å². The number of fused-ring (bicyclic) bond motifs is 2. The van der Waals surface area contributed by atoms with E-state index in [0.29, 0.717) is 29.1 Å². The minimum Gasteiger partial charge on any atom is -0.493 e. The topological polar surface area (TPSA) is 50.8 Å². The Labute approximate surface area is 150 Å². The lowest BCUT2D eigenvalue weighted by molar-refractivity contribution is 0.0245. The Morgan fingerprint density at radius 3 is 2.44 bits per heavy atom. The Hall–Kier alpha value is -1.75. The minimum absolute atomic E-state index is 0.0204. The van der Waals surface area contributed by atoms with E-state index in [1.807, 2.05) is 0 Å². The first-order chi connectivity index (χ1) is 12.2. The van der Waals surface area contributed by atoms with Crippen LogP contribution in [0.25, 0.3) is 0 Å². The van der Waals surface area contributed by atoms with E-state index < -0.39 is 0 Å². The van der Waals surface area contributed by atoms with Gasteiger partial charge in [-0.2, -0.15) is 0 Å². The Kier molecular flexibility index (Phi) is 5.84. The molecule has 1 aromatic rings. The van der Waals surface area contributed by atoms with Crippen molar-refractivity contribution in [3.8, 4) is 11.5 Å². The first-order valence-electron chi connectivity index (χ1n) is 9.44. The second kappa shape index (κ2) is 8.09. The molecule has 0 radical (unpaired) electrons. The van der Waals surface area contributed by atoms with Crippen molar-refractivity contribution < 1.29 is 14.3 Å². The third-order valence-corrected chi connectivity index (χ3v) is 5.59. The van der Waals surface area contributed by atoms with E-state index in [-0.39, 0.29) is 11.9 Å². The zero-order valence-electron chi connectivity index (χ0n) is 15.6. The summed E-state index contributed by atoms with van der Waals surface area (Å²) in [5.74, 6) is 1.21. The van der Waals surface area contributed by atoms with E-state index in [0.717, 1.165) is 12.8 Å². The number of piperidine rings is 2. The molecule has 2 atom stereocenters. The third kappa shape index (κ3) is 3.92. The van der Waals surface area contributed by atoms with E-state index in [4.69, 9.17) is 9.47 Å². The van der Waals surface area contributed by atoms with E-state index in [2.05, 4.69) is 17.1 Å². The number of methoxy groups -OCH3 is 2. The second-order valence-electron chi connectivity index (χ2n) is 7.19. The molecule has 2 aliphatic heterocycles. The number of hydrogen-bond donors (Lipinski definition) is 1. The van der Waals surface area contributed by atoms with Crippen LogP contribution in [0.2, 0.25) is 0 Å². The number of amides is 1. The molecule has 0 aromatic heterocycles. The van der Waals surface area contributed by atoms with Gasteiger partial charge in [-0.25, -0.2) is 0 Å². The van der Waals surface area contributed by atoms with Crippen LogP contribution in [0.4, 0.5) is 0 Å². The first-order valence-corrected chi connectivity index (χ1v) is 9.44. The van der Waals surface area contributed by atoms with Crippen molar-refractivity contribution in [1.82, 2.24) is 10.2 Å². The predicted octanol–water partition coefficient (Wildman–Crippen LogP) is 3.23. The maximum Gasteiger partial charge on any atom is 0.251 e. The van der Waals surface area contributed by atoms with Gasteiger partial charge in [0.15, 0.2) is 11.5 Å². The zero-order valence-corrected chi connectivity index (χ0v) is 15.6. The number of carbonyl (C=O) groups is 1. The molecule has 0 aliphatic carbocycles. The van der Waals surface area contributed by atoms with Crippen LogP contribution < -0.4 is 14.8 Å². The average Bonchev–Trinajstić information content (AvgIpc) is 2.61. The summed E-state index contributed by atoms with van der Waals surface area (Å²) < 4.78 is 10.6. The SMILES string of the molecule is CCCN1C2CCCC1CC(NC(=O)c1ccc(OC)c(OC)c1)C2. The largest absolute Gasteiger partial charge is 0.493 e. The maximum absolute atomic E-state index is 12.7. The number of ether oxygens (including phenoxy) is 2. The lowest BCUT2D eigenvalue weighted by Gasteiger charge is -2.49. The van der Waals surface area contributed by atoms with Crippen LogP contribution >= 0.6 is 0 Å².